The molecule has 2 aliphatic rings. The minimum absolute atomic E-state index is 0.0111. The van der Waals surface area contributed by atoms with Crippen molar-refractivity contribution in [3.63, 3.8) is 0 Å². The van der Waals surface area contributed by atoms with E-state index in [0.29, 0.717) is 30.8 Å². The topological polar surface area (TPSA) is 86.8 Å². The molecule has 0 bridgehead atoms. The van der Waals surface area contributed by atoms with E-state index in [1.807, 2.05) is 30.3 Å². The molecule has 7 nitrogen and oxygen atoms in total. The van der Waals surface area contributed by atoms with E-state index < -0.39 is 16.1 Å². The molecule has 1 atom stereocenters. The van der Waals surface area contributed by atoms with Crippen molar-refractivity contribution in [1.82, 2.24) is 4.31 Å². The van der Waals surface area contributed by atoms with Crippen molar-refractivity contribution in [3.05, 3.63) is 35.9 Å². The zero-order chi connectivity index (χ0) is 21.5. The highest BCUT2D eigenvalue weighted by atomic mass is 32.2. The lowest BCUT2D eigenvalue weighted by atomic mass is 10.0. The van der Waals surface area contributed by atoms with Gasteiger partial charge in [0.2, 0.25) is 15.9 Å². The molecule has 160 valence electrons. The summed E-state index contributed by atoms with van der Waals surface area (Å²) in [6, 6.07) is 8.50. The Bertz CT molecular complexity index is 1110. The maximum atomic E-state index is 13.0. The van der Waals surface area contributed by atoms with Gasteiger partial charge in [-0.1, -0.05) is 31.9 Å². The van der Waals surface area contributed by atoms with Gasteiger partial charge in [-0.3, -0.25) is 9.59 Å². The second-order valence-electron chi connectivity index (χ2n) is 8.05. The van der Waals surface area contributed by atoms with Crippen LogP contribution < -0.4 is 10.2 Å². The molecule has 0 aliphatic carbocycles. The number of sulfonamides is 1. The normalized spacial score (nSPS) is 19.5. The van der Waals surface area contributed by atoms with Crippen LogP contribution >= 0.6 is 0 Å². The molecule has 1 unspecified atom stereocenters. The number of piperidine rings is 1. The quantitative estimate of drug-likeness (QED) is 0.763. The van der Waals surface area contributed by atoms with Gasteiger partial charge >= 0.3 is 0 Å². The molecule has 0 radical (unpaired) electrons. The van der Waals surface area contributed by atoms with Crippen molar-refractivity contribution in [3.8, 4) is 0 Å². The van der Waals surface area contributed by atoms with Crippen LogP contribution in [0, 0.1) is 0 Å². The predicted octanol–water partition coefficient (Wildman–Crippen LogP) is 3.35. The number of hydrogen-bond donors (Lipinski definition) is 1. The van der Waals surface area contributed by atoms with E-state index in [2.05, 4.69) is 12.2 Å². The van der Waals surface area contributed by atoms with Crippen LogP contribution in [-0.2, 0) is 14.8 Å². The van der Waals surface area contributed by atoms with Crippen LogP contribution in [-0.4, -0.2) is 49.9 Å². The lowest BCUT2D eigenvalue weighted by molar-refractivity contribution is -0.120. The van der Waals surface area contributed by atoms with Gasteiger partial charge in [-0.05, 0) is 37.5 Å². The van der Waals surface area contributed by atoms with Gasteiger partial charge in [0.15, 0.2) is 0 Å². The number of rotatable bonds is 6. The second-order valence-corrected chi connectivity index (χ2v) is 9.98. The van der Waals surface area contributed by atoms with E-state index >= 15 is 0 Å². The van der Waals surface area contributed by atoms with Gasteiger partial charge in [0.25, 0.3) is 5.91 Å². The molecule has 0 aromatic heterocycles. The van der Waals surface area contributed by atoms with Crippen molar-refractivity contribution in [1.29, 1.82) is 0 Å². The molecule has 1 fully saturated rings. The first-order valence-electron chi connectivity index (χ1n) is 10.5. The van der Waals surface area contributed by atoms with Crippen molar-refractivity contribution in [2.45, 2.75) is 45.1 Å². The Morgan fingerprint density at radius 3 is 2.73 bits per heavy atom. The Hall–Kier alpha value is -2.45. The van der Waals surface area contributed by atoms with E-state index in [1.54, 1.807) is 4.90 Å². The number of unbranched alkanes of at least 4 members (excludes halogenated alkanes) is 1. The Labute approximate surface area is 177 Å². The molecule has 0 spiro atoms. The third-order valence-electron chi connectivity index (χ3n) is 5.96. The highest BCUT2D eigenvalue weighted by molar-refractivity contribution is 7.88. The summed E-state index contributed by atoms with van der Waals surface area (Å²) in [5.74, 6) is -0.337. The number of carbonyl (C=O) groups is 2. The third kappa shape index (κ3) is 3.58. The fourth-order valence-electron chi connectivity index (χ4n) is 4.47. The molecule has 2 amide bonds. The standard InChI is InChI=1S/C22H27N3O4S/c1-3-4-13-24-18-12-11-17(15-8-7-9-16(20(15)18)22(24)27)23-21(26)19-10-5-6-14-25(19)30(2,28)29/h7-9,11-12,19H,3-6,10,13-14H2,1-2H3,(H,23,26). The fraction of sp³-hybridized carbons (Fsp3) is 0.455. The number of amides is 2. The third-order valence-corrected chi connectivity index (χ3v) is 7.25. The number of carbonyl (C=O) groups excluding carboxylic acids is 2. The second kappa shape index (κ2) is 8.00. The first kappa shape index (κ1) is 20.8. The number of anilines is 2. The summed E-state index contributed by atoms with van der Waals surface area (Å²) >= 11 is 0. The highest BCUT2D eigenvalue weighted by Gasteiger charge is 2.35. The van der Waals surface area contributed by atoms with Crippen LogP contribution in [0.2, 0.25) is 0 Å². The van der Waals surface area contributed by atoms with E-state index in [9.17, 15) is 18.0 Å². The molecular formula is C22H27N3O4S. The van der Waals surface area contributed by atoms with E-state index in [1.165, 1.54) is 4.31 Å². The van der Waals surface area contributed by atoms with Crippen LogP contribution in [0.4, 0.5) is 11.4 Å². The van der Waals surface area contributed by atoms with Gasteiger partial charge in [0.1, 0.15) is 6.04 Å². The summed E-state index contributed by atoms with van der Waals surface area (Å²) in [4.78, 5) is 27.7. The molecule has 30 heavy (non-hydrogen) atoms. The van der Waals surface area contributed by atoms with E-state index in [-0.39, 0.29) is 11.8 Å². The zero-order valence-electron chi connectivity index (χ0n) is 17.3. The Balaban J connectivity index is 1.68. The average molecular weight is 430 g/mol. The number of benzene rings is 2. The monoisotopic (exact) mass is 429 g/mol. The van der Waals surface area contributed by atoms with Crippen LogP contribution in [0.15, 0.2) is 30.3 Å². The van der Waals surface area contributed by atoms with Crippen molar-refractivity contribution in [2.24, 2.45) is 0 Å². The molecule has 2 aromatic carbocycles. The van der Waals surface area contributed by atoms with Gasteiger partial charge in [0.05, 0.1) is 11.9 Å². The smallest absolute Gasteiger partial charge is 0.258 e. The van der Waals surface area contributed by atoms with Gasteiger partial charge < -0.3 is 10.2 Å². The lowest BCUT2D eigenvalue weighted by Crippen LogP contribution is -2.49. The SMILES string of the molecule is CCCCN1C(=O)c2cccc3c(NC(=O)C4CCCCN4S(C)(=O)=O)ccc1c23. The van der Waals surface area contributed by atoms with E-state index in [4.69, 9.17) is 0 Å². The predicted molar refractivity (Wildman–Crippen MR) is 118 cm³/mol. The summed E-state index contributed by atoms with van der Waals surface area (Å²) in [5.41, 5.74) is 2.11. The van der Waals surface area contributed by atoms with Crippen molar-refractivity contribution < 1.29 is 18.0 Å². The highest BCUT2D eigenvalue weighted by Crippen LogP contribution is 2.40. The summed E-state index contributed by atoms with van der Waals surface area (Å²) in [7, 11) is -3.46. The lowest BCUT2D eigenvalue weighted by Gasteiger charge is -2.32. The Kier molecular flexibility index (Phi) is 5.55. The molecule has 8 heteroatoms. The number of nitrogens with zero attached hydrogens (tertiary/aromatic N) is 2. The first-order valence-corrected chi connectivity index (χ1v) is 12.3. The molecule has 2 aromatic rings. The number of hydrogen-bond acceptors (Lipinski definition) is 4. The van der Waals surface area contributed by atoms with E-state index in [0.717, 1.165) is 48.4 Å². The molecular weight excluding hydrogens is 402 g/mol. The van der Waals surface area contributed by atoms with Gasteiger partial charge in [0, 0.05) is 35.1 Å². The molecule has 4 rings (SSSR count). The van der Waals surface area contributed by atoms with Crippen LogP contribution in [0.5, 0.6) is 0 Å². The minimum atomic E-state index is -3.46. The fourth-order valence-corrected chi connectivity index (χ4v) is 5.60. The maximum absolute atomic E-state index is 13.0. The van der Waals surface area contributed by atoms with Crippen LogP contribution in [0.3, 0.4) is 0 Å². The van der Waals surface area contributed by atoms with Crippen LogP contribution in [0.25, 0.3) is 10.8 Å². The summed E-state index contributed by atoms with van der Waals surface area (Å²) in [6.45, 7) is 3.12. The Morgan fingerprint density at radius 2 is 2.00 bits per heavy atom. The van der Waals surface area contributed by atoms with Gasteiger partial charge in [-0.15, -0.1) is 0 Å². The molecule has 2 aliphatic heterocycles. The van der Waals surface area contributed by atoms with Crippen LogP contribution in [0.1, 0.15) is 49.4 Å². The average Bonchev–Trinajstić information content (AvgIpc) is 3.00. The maximum Gasteiger partial charge on any atom is 0.258 e. The van der Waals surface area contributed by atoms with Crippen molar-refractivity contribution >= 4 is 44.0 Å². The van der Waals surface area contributed by atoms with Crippen molar-refractivity contribution in [2.75, 3.05) is 29.6 Å². The minimum Gasteiger partial charge on any atom is -0.324 e. The largest absolute Gasteiger partial charge is 0.324 e. The Morgan fingerprint density at radius 1 is 1.20 bits per heavy atom. The number of nitrogens with one attached hydrogen (secondary N) is 1. The first-order chi connectivity index (χ1) is 14.3. The summed E-state index contributed by atoms with van der Waals surface area (Å²) in [6.07, 6.45) is 5.14. The molecule has 1 saturated heterocycles. The molecule has 1 N–H and O–H groups in total. The molecule has 2 heterocycles. The summed E-state index contributed by atoms with van der Waals surface area (Å²) < 4.78 is 25.5. The van der Waals surface area contributed by atoms with Gasteiger partial charge in [-0.2, -0.15) is 4.31 Å². The molecule has 0 saturated carbocycles. The zero-order valence-corrected chi connectivity index (χ0v) is 18.2. The summed E-state index contributed by atoms with van der Waals surface area (Å²) in [5, 5.41) is 4.58. The van der Waals surface area contributed by atoms with Gasteiger partial charge in [-0.25, -0.2) is 8.42 Å².